The molecule has 1 rings (SSSR count). The van der Waals surface area contributed by atoms with Crippen LogP contribution in [0.1, 0.15) is 13.3 Å². The zero-order chi connectivity index (χ0) is 10.4. The molecule has 1 saturated heterocycles. The van der Waals surface area contributed by atoms with Crippen molar-refractivity contribution < 1.29 is 14.6 Å². The number of carbonyl (C=O) groups is 1. The first-order valence-corrected chi connectivity index (χ1v) is 5.02. The van der Waals surface area contributed by atoms with Crippen LogP contribution in [0.3, 0.4) is 0 Å². The van der Waals surface area contributed by atoms with Gasteiger partial charge in [0.05, 0.1) is 25.9 Å². The lowest BCUT2D eigenvalue weighted by atomic mass is 10.2. The van der Waals surface area contributed by atoms with Crippen LogP contribution < -0.4 is 5.32 Å². The fraction of sp³-hybridized carbons (Fsp3) is 0.889. The van der Waals surface area contributed by atoms with Crippen LogP contribution in [-0.2, 0) is 4.74 Å². The van der Waals surface area contributed by atoms with Gasteiger partial charge < -0.3 is 20.1 Å². The van der Waals surface area contributed by atoms with Gasteiger partial charge in [-0.3, -0.25) is 0 Å². The van der Waals surface area contributed by atoms with Crippen molar-refractivity contribution in [1.29, 1.82) is 0 Å². The molecular weight excluding hydrogens is 184 g/mol. The average Bonchev–Trinajstić information content (AvgIpc) is 2.25. The first-order valence-electron chi connectivity index (χ1n) is 5.02. The van der Waals surface area contributed by atoms with E-state index in [0.717, 1.165) is 6.42 Å². The highest BCUT2D eigenvalue weighted by Crippen LogP contribution is 2.06. The second kappa shape index (κ2) is 5.82. The van der Waals surface area contributed by atoms with E-state index in [4.69, 9.17) is 9.84 Å². The van der Waals surface area contributed by atoms with E-state index < -0.39 is 0 Å². The number of carbonyl (C=O) groups excluding carboxylic acids is 1. The lowest BCUT2D eigenvalue weighted by Crippen LogP contribution is -2.54. The molecule has 82 valence electrons. The SMILES string of the molecule is CCCNC(=O)N1CCOCC1CO. The zero-order valence-electron chi connectivity index (χ0n) is 8.53. The van der Waals surface area contributed by atoms with E-state index in [-0.39, 0.29) is 18.7 Å². The molecule has 5 heteroatoms. The molecule has 0 radical (unpaired) electrons. The Balaban J connectivity index is 2.41. The number of nitrogens with zero attached hydrogens (tertiary/aromatic N) is 1. The third-order valence-electron chi connectivity index (χ3n) is 2.23. The number of nitrogens with one attached hydrogen (secondary N) is 1. The molecule has 1 heterocycles. The lowest BCUT2D eigenvalue weighted by Gasteiger charge is -2.34. The van der Waals surface area contributed by atoms with Crippen molar-refractivity contribution in [3.05, 3.63) is 0 Å². The molecule has 1 aliphatic rings. The van der Waals surface area contributed by atoms with E-state index in [1.165, 1.54) is 0 Å². The van der Waals surface area contributed by atoms with Gasteiger partial charge in [-0.25, -0.2) is 4.79 Å². The summed E-state index contributed by atoms with van der Waals surface area (Å²) in [4.78, 5) is 13.2. The lowest BCUT2D eigenvalue weighted by molar-refractivity contribution is -0.00755. The molecule has 0 aromatic carbocycles. The van der Waals surface area contributed by atoms with Crippen LogP contribution in [0.15, 0.2) is 0 Å². The Morgan fingerprint density at radius 1 is 1.71 bits per heavy atom. The molecule has 1 fully saturated rings. The van der Waals surface area contributed by atoms with Crippen molar-refractivity contribution >= 4 is 6.03 Å². The van der Waals surface area contributed by atoms with Crippen molar-refractivity contribution in [2.24, 2.45) is 0 Å². The fourth-order valence-electron chi connectivity index (χ4n) is 1.41. The minimum atomic E-state index is -0.194. The number of ether oxygens (including phenoxy) is 1. The van der Waals surface area contributed by atoms with Gasteiger partial charge in [0.1, 0.15) is 0 Å². The number of aliphatic hydroxyl groups is 1. The van der Waals surface area contributed by atoms with Crippen LogP contribution in [0.2, 0.25) is 0 Å². The highest BCUT2D eigenvalue weighted by atomic mass is 16.5. The second-order valence-electron chi connectivity index (χ2n) is 3.34. The van der Waals surface area contributed by atoms with E-state index in [2.05, 4.69) is 5.32 Å². The smallest absolute Gasteiger partial charge is 0.317 e. The molecule has 0 aliphatic carbocycles. The predicted molar refractivity (Wildman–Crippen MR) is 52.1 cm³/mol. The van der Waals surface area contributed by atoms with Gasteiger partial charge >= 0.3 is 6.03 Å². The molecular formula is C9H18N2O3. The largest absolute Gasteiger partial charge is 0.394 e. The maximum atomic E-state index is 11.6. The van der Waals surface area contributed by atoms with Crippen LogP contribution in [0.4, 0.5) is 4.79 Å². The fourth-order valence-corrected chi connectivity index (χ4v) is 1.41. The molecule has 1 atom stereocenters. The molecule has 1 unspecified atom stereocenters. The summed E-state index contributed by atoms with van der Waals surface area (Å²) in [5, 5.41) is 11.8. The molecule has 14 heavy (non-hydrogen) atoms. The summed E-state index contributed by atoms with van der Waals surface area (Å²) in [5.74, 6) is 0. The Labute approximate surface area is 84.0 Å². The highest BCUT2D eigenvalue weighted by Gasteiger charge is 2.26. The maximum Gasteiger partial charge on any atom is 0.317 e. The summed E-state index contributed by atoms with van der Waals surface area (Å²) in [6, 6.07) is -0.296. The van der Waals surface area contributed by atoms with E-state index in [1.807, 2.05) is 6.92 Å². The molecule has 0 spiro atoms. The number of morpholine rings is 1. The van der Waals surface area contributed by atoms with Crippen molar-refractivity contribution in [3.63, 3.8) is 0 Å². The quantitative estimate of drug-likeness (QED) is 0.666. The first-order chi connectivity index (χ1) is 6.79. The highest BCUT2D eigenvalue weighted by molar-refractivity contribution is 5.74. The molecule has 5 nitrogen and oxygen atoms in total. The van der Waals surface area contributed by atoms with Gasteiger partial charge in [0.2, 0.25) is 0 Å². The summed E-state index contributed by atoms with van der Waals surface area (Å²) < 4.78 is 5.18. The van der Waals surface area contributed by atoms with Crippen LogP contribution in [0.5, 0.6) is 0 Å². The molecule has 0 aromatic heterocycles. The number of urea groups is 1. The van der Waals surface area contributed by atoms with Gasteiger partial charge in [0.25, 0.3) is 0 Å². The van der Waals surface area contributed by atoms with Crippen molar-refractivity contribution in [2.75, 3.05) is 32.9 Å². The van der Waals surface area contributed by atoms with Crippen LogP contribution >= 0.6 is 0 Å². The number of rotatable bonds is 3. The molecule has 2 N–H and O–H groups in total. The molecule has 0 aromatic rings. The van der Waals surface area contributed by atoms with Gasteiger partial charge in [-0.15, -0.1) is 0 Å². The van der Waals surface area contributed by atoms with Crippen LogP contribution in [-0.4, -0.2) is 55.0 Å². The number of hydrogen-bond acceptors (Lipinski definition) is 3. The summed E-state index contributed by atoms with van der Waals surface area (Å²) in [5.41, 5.74) is 0. The molecule has 0 bridgehead atoms. The zero-order valence-corrected chi connectivity index (χ0v) is 8.53. The second-order valence-corrected chi connectivity index (χ2v) is 3.34. The van der Waals surface area contributed by atoms with Crippen molar-refractivity contribution in [3.8, 4) is 0 Å². The normalized spacial score (nSPS) is 22.1. The van der Waals surface area contributed by atoms with E-state index >= 15 is 0 Å². The predicted octanol–water partition coefficient (Wildman–Crippen LogP) is -0.201. The van der Waals surface area contributed by atoms with E-state index in [9.17, 15) is 4.79 Å². The monoisotopic (exact) mass is 202 g/mol. The minimum Gasteiger partial charge on any atom is -0.394 e. The van der Waals surface area contributed by atoms with Gasteiger partial charge in [0, 0.05) is 13.1 Å². The summed E-state index contributed by atoms with van der Waals surface area (Å²) in [6.07, 6.45) is 0.917. The Morgan fingerprint density at radius 3 is 3.14 bits per heavy atom. The average molecular weight is 202 g/mol. The minimum absolute atomic E-state index is 0.0421. The maximum absolute atomic E-state index is 11.6. The van der Waals surface area contributed by atoms with Crippen molar-refractivity contribution in [2.45, 2.75) is 19.4 Å². The number of aliphatic hydroxyl groups excluding tert-OH is 1. The topological polar surface area (TPSA) is 61.8 Å². The number of hydrogen-bond donors (Lipinski definition) is 2. The van der Waals surface area contributed by atoms with Crippen LogP contribution in [0.25, 0.3) is 0 Å². The third-order valence-corrected chi connectivity index (χ3v) is 2.23. The Morgan fingerprint density at radius 2 is 2.50 bits per heavy atom. The van der Waals surface area contributed by atoms with Gasteiger partial charge in [-0.1, -0.05) is 6.92 Å². The van der Waals surface area contributed by atoms with Crippen LogP contribution in [0, 0.1) is 0 Å². The molecule has 2 amide bonds. The number of amides is 2. The van der Waals surface area contributed by atoms with Gasteiger partial charge in [0.15, 0.2) is 0 Å². The summed E-state index contributed by atoms with van der Waals surface area (Å²) in [7, 11) is 0. The van der Waals surface area contributed by atoms with Gasteiger partial charge in [-0.05, 0) is 6.42 Å². The summed E-state index contributed by atoms with van der Waals surface area (Å²) >= 11 is 0. The standard InChI is InChI=1S/C9H18N2O3/c1-2-3-10-9(13)11-4-5-14-7-8(11)6-12/h8,12H,2-7H2,1H3,(H,10,13). The molecule has 0 saturated carbocycles. The molecule has 1 aliphatic heterocycles. The Bertz CT molecular complexity index is 187. The van der Waals surface area contributed by atoms with E-state index in [1.54, 1.807) is 4.90 Å². The Hall–Kier alpha value is -0.810. The first kappa shape index (κ1) is 11.3. The Kier molecular flexibility index (Phi) is 4.69. The van der Waals surface area contributed by atoms with Crippen molar-refractivity contribution in [1.82, 2.24) is 10.2 Å². The van der Waals surface area contributed by atoms with Gasteiger partial charge in [-0.2, -0.15) is 0 Å². The summed E-state index contributed by atoms with van der Waals surface area (Å²) in [6.45, 7) is 4.17. The third kappa shape index (κ3) is 2.85. The van der Waals surface area contributed by atoms with E-state index in [0.29, 0.717) is 26.3 Å².